The van der Waals surface area contributed by atoms with Crippen molar-refractivity contribution in [1.29, 1.82) is 0 Å². The number of nitrogens with zero attached hydrogens (tertiary/aromatic N) is 2. The highest BCUT2D eigenvalue weighted by atomic mass is 16.2. The maximum atomic E-state index is 13.0. The van der Waals surface area contributed by atoms with E-state index in [9.17, 15) is 4.79 Å². The minimum Gasteiger partial charge on any atom is -0.314 e. The molecule has 3 nitrogen and oxygen atoms in total. The molecule has 0 unspecified atom stereocenters. The van der Waals surface area contributed by atoms with Gasteiger partial charge >= 0.3 is 6.03 Å². The molecule has 1 aliphatic heterocycles. The van der Waals surface area contributed by atoms with Crippen molar-refractivity contribution in [3.05, 3.63) is 12.7 Å². The van der Waals surface area contributed by atoms with Gasteiger partial charge in [0.25, 0.3) is 0 Å². The summed E-state index contributed by atoms with van der Waals surface area (Å²) in [5.74, 6) is 0. The van der Waals surface area contributed by atoms with Crippen LogP contribution >= 0.6 is 0 Å². The molecule has 108 valence electrons. The molecule has 0 radical (unpaired) electrons. The standard InChI is InChI=1S/C16H28N2O/c1-8-16-11-9-10-12(16)17(14(2,3)4)13(19)18(16)15(5,6)7/h8,12H,1,9-11H2,2-7H3/t12-,16+/m1/s1. The summed E-state index contributed by atoms with van der Waals surface area (Å²) in [5, 5.41) is 0. The normalized spacial score (nSPS) is 31.9. The third-order valence-electron chi connectivity index (χ3n) is 4.50. The summed E-state index contributed by atoms with van der Waals surface area (Å²) < 4.78 is 0. The summed E-state index contributed by atoms with van der Waals surface area (Å²) >= 11 is 0. The minimum atomic E-state index is -0.178. The maximum absolute atomic E-state index is 13.0. The van der Waals surface area contributed by atoms with Crippen LogP contribution in [0.3, 0.4) is 0 Å². The molecule has 0 aromatic carbocycles. The van der Waals surface area contributed by atoms with Gasteiger partial charge in [-0.2, -0.15) is 0 Å². The highest BCUT2D eigenvalue weighted by Gasteiger charge is 2.62. The SMILES string of the molecule is C=C[C@]12CCC[C@H]1N(C(C)(C)C)C(=O)N2C(C)(C)C. The van der Waals surface area contributed by atoms with Crippen LogP contribution < -0.4 is 0 Å². The summed E-state index contributed by atoms with van der Waals surface area (Å²) in [6.07, 6.45) is 5.32. The Morgan fingerprint density at radius 3 is 2.21 bits per heavy atom. The summed E-state index contributed by atoms with van der Waals surface area (Å²) in [6, 6.07) is 0.446. The van der Waals surface area contributed by atoms with Crippen molar-refractivity contribution in [2.45, 2.75) is 83.5 Å². The molecule has 2 rings (SSSR count). The smallest absolute Gasteiger partial charge is 0.314 e. The van der Waals surface area contributed by atoms with Crippen molar-refractivity contribution < 1.29 is 4.79 Å². The van der Waals surface area contributed by atoms with Crippen LogP contribution in [0.1, 0.15) is 60.8 Å². The molecule has 19 heavy (non-hydrogen) atoms. The topological polar surface area (TPSA) is 23.6 Å². The zero-order valence-corrected chi connectivity index (χ0v) is 13.3. The van der Waals surface area contributed by atoms with Gasteiger partial charge in [-0.1, -0.05) is 6.08 Å². The number of carbonyl (C=O) groups excluding carboxylic acids is 1. The van der Waals surface area contributed by atoms with Crippen LogP contribution in [0.15, 0.2) is 12.7 Å². The van der Waals surface area contributed by atoms with Gasteiger partial charge in [0.15, 0.2) is 0 Å². The van der Waals surface area contributed by atoms with Crippen LogP contribution in [0, 0.1) is 0 Å². The molecule has 0 spiro atoms. The van der Waals surface area contributed by atoms with Crippen molar-refractivity contribution in [2.75, 3.05) is 0 Å². The number of amides is 2. The van der Waals surface area contributed by atoms with Crippen molar-refractivity contribution in [2.24, 2.45) is 0 Å². The summed E-state index contributed by atoms with van der Waals surface area (Å²) in [6.45, 7) is 16.8. The molecule has 2 fully saturated rings. The average molecular weight is 264 g/mol. The van der Waals surface area contributed by atoms with Gasteiger partial charge in [0, 0.05) is 11.1 Å². The lowest BCUT2D eigenvalue weighted by atomic mass is 9.87. The Morgan fingerprint density at radius 2 is 1.79 bits per heavy atom. The van der Waals surface area contributed by atoms with Gasteiger partial charge in [0.05, 0.1) is 11.6 Å². The number of fused-ring (bicyclic) bond motifs is 1. The van der Waals surface area contributed by atoms with E-state index in [2.05, 4.69) is 57.9 Å². The Balaban J connectivity index is 2.56. The summed E-state index contributed by atoms with van der Waals surface area (Å²) in [4.78, 5) is 17.2. The molecule has 1 saturated carbocycles. The van der Waals surface area contributed by atoms with E-state index in [1.807, 2.05) is 6.08 Å². The summed E-state index contributed by atoms with van der Waals surface area (Å²) in [7, 11) is 0. The second-order valence-corrected chi connectivity index (χ2v) is 7.93. The van der Waals surface area contributed by atoms with E-state index in [1.165, 1.54) is 6.42 Å². The Labute approximate surface area is 117 Å². The predicted octanol–water partition coefficient (Wildman–Crippen LogP) is 3.80. The number of hydrogen-bond acceptors (Lipinski definition) is 1. The van der Waals surface area contributed by atoms with Crippen LogP contribution in [0.2, 0.25) is 0 Å². The van der Waals surface area contributed by atoms with Crippen molar-refractivity contribution >= 4 is 6.03 Å². The molecule has 2 aliphatic rings. The van der Waals surface area contributed by atoms with Crippen molar-refractivity contribution in [3.8, 4) is 0 Å². The predicted molar refractivity (Wildman–Crippen MR) is 79.1 cm³/mol. The van der Waals surface area contributed by atoms with Gasteiger partial charge < -0.3 is 9.80 Å². The highest BCUT2D eigenvalue weighted by Crippen LogP contribution is 2.50. The first-order chi connectivity index (χ1) is 8.55. The van der Waals surface area contributed by atoms with Gasteiger partial charge in [-0.15, -0.1) is 6.58 Å². The third kappa shape index (κ3) is 1.89. The first-order valence-corrected chi connectivity index (χ1v) is 7.33. The zero-order valence-electron chi connectivity index (χ0n) is 13.3. The van der Waals surface area contributed by atoms with Crippen LogP contribution in [0.4, 0.5) is 4.79 Å². The Morgan fingerprint density at radius 1 is 1.21 bits per heavy atom. The molecule has 0 aromatic rings. The molecular weight excluding hydrogens is 236 g/mol. The number of urea groups is 1. The van der Waals surface area contributed by atoms with E-state index in [4.69, 9.17) is 0 Å². The fourth-order valence-electron chi connectivity index (χ4n) is 4.02. The summed E-state index contributed by atoms with van der Waals surface area (Å²) in [5.41, 5.74) is -0.489. The highest BCUT2D eigenvalue weighted by molar-refractivity contribution is 5.81. The monoisotopic (exact) mass is 264 g/mol. The van der Waals surface area contributed by atoms with E-state index in [-0.39, 0.29) is 28.7 Å². The van der Waals surface area contributed by atoms with Crippen LogP contribution in [-0.2, 0) is 0 Å². The van der Waals surface area contributed by atoms with Gasteiger partial charge in [0.2, 0.25) is 0 Å². The van der Waals surface area contributed by atoms with Crippen molar-refractivity contribution in [3.63, 3.8) is 0 Å². The molecule has 1 aliphatic carbocycles. The first-order valence-electron chi connectivity index (χ1n) is 7.33. The van der Waals surface area contributed by atoms with Gasteiger partial charge in [0.1, 0.15) is 0 Å². The number of carbonyl (C=O) groups is 1. The van der Waals surface area contributed by atoms with E-state index in [1.54, 1.807) is 0 Å². The number of rotatable bonds is 1. The first kappa shape index (κ1) is 14.4. The van der Waals surface area contributed by atoms with Crippen LogP contribution in [-0.4, -0.2) is 38.5 Å². The maximum Gasteiger partial charge on any atom is 0.322 e. The Kier molecular flexibility index (Phi) is 3.04. The second-order valence-electron chi connectivity index (χ2n) is 7.93. The fraction of sp³-hybridized carbons (Fsp3) is 0.812. The van der Waals surface area contributed by atoms with Crippen molar-refractivity contribution in [1.82, 2.24) is 9.80 Å². The van der Waals surface area contributed by atoms with Gasteiger partial charge in [-0.05, 0) is 60.8 Å². The number of hydrogen-bond donors (Lipinski definition) is 0. The average Bonchev–Trinajstić information content (AvgIpc) is 2.67. The van der Waals surface area contributed by atoms with E-state index in [0.717, 1.165) is 12.8 Å². The molecule has 2 amide bonds. The Hall–Kier alpha value is -0.990. The van der Waals surface area contributed by atoms with Gasteiger partial charge in [-0.25, -0.2) is 4.79 Å². The molecule has 0 N–H and O–H groups in total. The lowest BCUT2D eigenvalue weighted by Crippen LogP contribution is -2.55. The Bertz CT molecular complexity index is 402. The lowest BCUT2D eigenvalue weighted by Gasteiger charge is -2.43. The molecule has 2 atom stereocenters. The molecule has 1 heterocycles. The third-order valence-corrected chi connectivity index (χ3v) is 4.50. The fourth-order valence-corrected chi connectivity index (χ4v) is 4.02. The van der Waals surface area contributed by atoms with E-state index >= 15 is 0 Å². The molecule has 0 aromatic heterocycles. The zero-order chi connectivity index (χ0) is 14.6. The van der Waals surface area contributed by atoms with E-state index in [0.29, 0.717) is 0 Å². The minimum absolute atomic E-state index is 0.139. The molecule has 1 saturated heterocycles. The molecule has 0 bridgehead atoms. The molecular formula is C16H28N2O. The largest absolute Gasteiger partial charge is 0.322 e. The second kappa shape index (κ2) is 4.00. The van der Waals surface area contributed by atoms with Gasteiger partial charge in [-0.3, -0.25) is 0 Å². The quantitative estimate of drug-likeness (QED) is 0.661. The van der Waals surface area contributed by atoms with Crippen LogP contribution in [0.5, 0.6) is 0 Å². The molecule has 3 heteroatoms. The lowest BCUT2D eigenvalue weighted by molar-refractivity contribution is 0.100. The van der Waals surface area contributed by atoms with E-state index < -0.39 is 0 Å². The van der Waals surface area contributed by atoms with Crippen LogP contribution in [0.25, 0.3) is 0 Å².